The topological polar surface area (TPSA) is 40.6 Å². The lowest BCUT2D eigenvalue weighted by molar-refractivity contribution is -0.124. The number of fused-ring (bicyclic) bond motifs is 1. The molecule has 1 aromatic carbocycles. The minimum absolute atomic E-state index is 0.106. The van der Waals surface area contributed by atoms with Crippen molar-refractivity contribution in [2.45, 2.75) is 38.1 Å². The molecule has 0 atom stereocenters. The minimum atomic E-state index is -0.143. The van der Waals surface area contributed by atoms with Crippen molar-refractivity contribution in [3.63, 3.8) is 0 Å². The van der Waals surface area contributed by atoms with E-state index >= 15 is 0 Å². The maximum Gasteiger partial charge on any atom is 0.267 e. The van der Waals surface area contributed by atoms with Gasteiger partial charge in [-0.3, -0.25) is 14.5 Å². The first-order valence-corrected chi connectivity index (χ1v) is 10.2. The molecule has 6 heteroatoms. The van der Waals surface area contributed by atoms with Crippen LogP contribution in [0.2, 0.25) is 0 Å². The molecule has 26 heavy (non-hydrogen) atoms. The summed E-state index contributed by atoms with van der Waals surface area (Å²) in [5, 5.41) is 0. The molecule has 0 radical (unpaired) electrons. The Kier molecular flexibility index (Phi) is 4.71. The maximum atomic E-state index is 13.2. The zero-order chi connectivity index (χ0) is 18.3. The van der Waals surface area contributed by atoms with Crippen LogP contribution < -0.4 is 4.90 Å². The molecular formula is C20H20N2O2S2. The number of carbonyl (C=O) groups excluding carboxylic acids is 2. The highest BCUT2D eigenvalue weighted by atomic mass is 32.2. The van der Waals surface area contributed by atoms with Crippen LogP contribution in [0.4, 0.5) is 5.69 Å². The first-order chi connectivity index (χ1) is 12.6. The molecule has 1 aliphatic carbocycles. The van der Waals surface area contributed by atoms with Crippen LogP contribution in [0.1, 0.15) is 37.7 Å². The molecule has 0 aromatic heterocycles. The van der Waals surface area contributed by atoms with Crippen LogP contribution in [-0.4, -0.2) is 33.6 Å². The minimum Gasteiger partial charge on any atom is -0.304 e. The van der Waals surface area contributed by atoms with Crippen LogP contribution in [0, 0.1) is 0 Å². The van der Waals surface area contributed by atoms with Crippen LogP contribution in [0.15, 0.2) is 41.8 Å². The van der Waals surface area contributed by atoms with Gasteiger partial charge in [0.1, 0.15) is 4.32 Å². The predicted octanol–water partition coefficient (Wildman–Crippen LogP) is 4.12. The van der Waals surface area contributed by atoms with E-state index in [9.17, 15) is 9.59 Å². The highest BCUT2D eigenvalue weighted by Crippen LogP contribution is 2.45. The van der Waals surface area contributed by atoms with E-state index in [1.165, 1.54) is 18.2 Å². The summed E-state index contributed by atoms with van der Waals surface area (Å²) < 4.78 is 0.580. The fourth-order valence-corrected chi connectivity index (χ4v) is 5.47. The largest absolute Gasteiger partial charge is 0.304 e. The van der Waals surface area contributed by atoms with E-state index in [1.807, 2.05) is 24.3 Å². The highest BCUT2D eigenvalue weighted by molar-refractivity contribution is 8.26. The Morgan fingerprint density at radius 3 is 2.62 bits per heavy atom. The summed E-state index contributed by atoms with van der Waals surface area (Å²) in [5.74, 6) is -0.249. The maximum absolute atomic E-state index is 13.2. The summed E-state index contributed by atoms with van der Waals surface area (Å²) in [6.07, 6.45) is 7.15. The van der Waals surface area contributed by atoms with Gasteiger partial charge in [-0.25, -0.2) is 0 Å². The van der Waals surface area contributed by atoms with Crippen LogP contribution in [0.3, 0.4) is 0 Å². The van der Waals surface area contributed by atoms with Gasteiger partial charge in [0.25, 0.3) is 11.8 Å². The molecule has 2 heterocycles. The third kappa shape index (κ3) is 2.72. The molecule has 1 saturated carbocycles. The number of anilines is 1. The summed E-state index contributed by atoms with van der Waals surface area (Å²) in [6, 6.07) is 7.78. The summed E-state index contributed by atoms with van der Waals surface area (Å²) in [5.41, 5.74) is 2.12. The van der Waals surface area contributed by atoms with Gasteiger partial charge in [0.2, 0.25) is 0 Å². The third-order valence-corrected chi connectivity index (χ3v) is 6.60. The SMILES string of the molecule is C=CCN1C(=O)/C(=C2\SC(=S)N(C3CCCCC3)C2=O)c2ccccc21. The molecule has 1 saturated heterocycles. The number of para-hydroxylation sites is 1. The standard InChI is InChI=1S/C20H20N2O2S2/c1-2-12-21-15-11-7-6-10-14(15)16(18(21)23)17-19(24)22(20(25)26-17)13-8-4-3-5-9-13/h2,6-7,10-11,13H,1,3-5,8-9,12H2/b17-16-. The zero-order valence-corrected chi connectivity index (χ0v) is 16.1. The Bertz CT molecular complexity index is 840. The Balaban J connectivity index is 1.77. The number of rotatable bonds is 3. The Labute approximate surface area is 162 Å². The molecular weight excluding hydrogens is 364 g/mol. The Morgan fingerprint density at radius 1 is 1.15 bits per heavy atom. The molecule has 2 amide bonds. The fourth-order valence-electron chi connectivity index (χ4n) is 3.99. The van der Waals surface area contributed by atoms with Crippen molar-refractivity contribution in [3.05, 3.63) is 47.4 Å². The van der Waals surface area contributed by atoms with Crippen molar-refractivity contribution in [3.8, 4) is 0 Å². The molecule has 2 fully saturated rings. The number of nitrogens with zero attached hydrogens (tertiary/aromatic N) is 2. The van der Waals surface area contributed by atoms with Crippen molar-refractivity contribution in [2.24, 2.45) is 0 Å². The third-order valence-electron chi connectivity index (χ3n) is 5.20. The number of amides is 2. The van der Waals surface area contributed by atoms with Gasteiger partial charge < -0.3 is 4.90 Å². The first kappa shape index (κ1) is 17.5. The van der Waals surface area contributed by atoms with Crippen LogP contribution in [-0.2, 0) is 9.59 Å². The number of carbonyl (C=O) groups is 2. The predicted molar refractivity (Wildman–Crippen MR) is 110 cm³/mol. The van der Waals surface area contributed by atoms with Crippen molar-refractivity contribution in [2.75, 3.05) is 11.4 Å². The fraction of sp³-hybridized carbons (Fsp3) is 0.350. The molecule has 2 aliphatic heterocycles. The van der Waals surface area contributed by atoms with Crippen molar-refractivity contribution < 1.29 is 9.59 Å². The van der Waals surface area contributed by atoms with Gasteiger partial charge in [-0.05, 0) is 18.9 Å². The second kappa shape index (κ2) is 7.00. The van der Waals surface area contributed by atoms with Gasteiger partial charge in [-0.15, -0.1) is 6.58 Å². The summed E-state index contributed by atoms with van der Waals surface area (Å²) in [7, 11) is 0. The van der Waals surface area contributed by atoms with Crippen LogP contribution in [0.5, 0.6) is 0 Å². The van der Waals surface area contributed by atoms with Crippen molar-refractivity contribution in [1.82, 2.24) is 4.90 Å². The van der Waals surface area contributed by atoms with Gasteiger partial charge in [0.15, 0.2) is 0 Å². The van der Waals surface area contributed by atoms with Gasteiger partial charge in [0.05, 0.1) is 16.2 Å². The quantitative estimate of drug-likeness (QED) is 0.446. The zero-order valence-electron chi connectivity index (χ0n) is 14.4. The summed E-state index contributed by atoms with van der Waals surface area (Å²) in [4.78, 5) is 30.2. The molecule has 0 spiro atoms. The number of thiocarbonyl (C=S) groups is 1. The van der Waals surface area contributed by atoms with E-state index in [2.05, 4.69) is 6.58 Å². The molecule has 0 unspecified atom stereocenters. The lowest BCUT2D eigenvalue weighted by atomic mass is 9.94. The van der Waals surface area contributed by atoms with Crippen LogP contribution >= 0.6 is 24.0 Å². The Morgan fingerprint density at radius 2 is 1.88 bits per heavy atom. The monoisotopic (exact) mass is 384 g/mol. The van der Waals surface area contributed by atoms with E-state index in [4.69, 9.17) is 12.2 Å². The number of hydrogen-bond donors (Lipinski definition) is 0. The molecule has 134 valence electrons. The lowest BCUT2D eigenvalue weighted by Gasteiger charge is -2.29. The van der Waals surface area contributed by atoms with E-state index in [1.54, 1.807) is 15.9 Å². The van der Waals surface area contributed by atoms with Gasteiger partial charge in [0, 0.05) is 18.2 Å². The molecule has 0 bridgehead atoms. The van der Waals surface area contributed by atoms with Gasteiger partial charge in [-0.1, -0.05) is 67.5 Å². The van der Waals surface area contributed by atoms with E-state index in [-0.39, 0.29) is 17.9 Å². The second-order valence-electron chi connectivity index (χ2n) is 6.76. The van der Waals surface area contributed by atoms with E-state index in [0.717, 1.165) is 36.9 Å². The van der Waals surface area contributed by atoms with Gasteiger partial charge >= 0.3 is 0 Å². The summed E-state index contributed by atoms with van der Waals surface area (Å²) in [6.45, 7) is 4.16. The van der Waals surface area contributed by atoms with Crippen molar-refractivity contribution in [1.29, 1.82) is 0 Å². The lowest BCUT2D eigenvalue weighted by Crippen LogP contribution is -2.40. The first-order valence-electron chi connectivity index (χ1n) is 8.95. The highest BCUT2D eigenvalue weighted by Gasteiger charge is 2.43. The van der Waals surface area contributed by atoms with Crippen molar-refractivity contribution >= 4 is 51.4 Å². The molecule has 4 nitrogen and oxygen atoms in total. The average molecular weight is 385 g/mol. The number of thioether (sulfide) groups is 1. The van der Waals surface area contributed by atoms with E-state index in [0.29, 0.717) is 21.3 Å². The molecule has 1 aromatic rings. The number of hydrogen-bond acceptors (Lipinski definition) is 4. The molecule has 3 aliphatic rings. The molecule has 4 rings (SSSR count). The second-order valence-corrected chi connectivity index (χ2v) is 8.40. The van der Waals surface area contributed by atoms with Gasteiger partial charge in [-0.2, -0.15) is 0 Å². The molecule has 0 N–H and O–H groups in total. The smallest absolute Gasteiger partial charge is 0.267 e. The summed E-state index contributed by atoms with van der Waals surface area (Å²) >= 11 is 6.80. The Hall–Kier alpha value is -1.92. The van der Waals surface area contributed by atoms with E-state index < -0.39 is 0 Å². The normalized spacial score (nSPS) is 23.8. The number of benzene rings is 1. The van der Waals surface area contributed by atoms with Crippen LogP contribution in [0.25, 0.3) is 5.57 Å². The average Bonchev–Trinajstić information content (AvgIpc) is 3.10.